The van der Waals surface area contributed by atoms with Gasteiger partial charge in [-0.1, -0.05) is 6.92 Å². The summed E-state index contributed by atoms with van der Waals surface area (Å²) in [5, 5.41) is 4.09. The van der Waals surface area contributed by atoms with Crippen LogP contribution < -0.4 is 5.32 Å². The van der Waals surface area contributed by atoms with Gasteiger partial charge in [0.1, 0.15) is 0 Å². The van der Waals surface area contributed by atoms with Crippen LogP contribution in [0.2, 0.25) is 0 Å². The van der Waals surface area contributed by atoms with Crippen molar-refractivity contribution >= 4 is 41.8 Å². The number of carbonyl (C=O) groups excluding carboxylic acids is 1. The van der Waals surface area contributed by atoms with Crippen molar-refractivity contribution in [2.24, 2.45) is 0 Å². The molecule has 18 heavy (non-hydrogen) atoms. The second-order valence-corrected chi connectivity index (χ2v) is 7.23. The van der Waals surface area contributed by atoms with Crippen molar-refractivity contribution < 1.29 is 4.79 Å². The van der Waals surface area contributed by atoms with E-state index in [1.807, 2.05) is 23.5 Å². The Kier molecular flexibility index (Phi) is 7.84. The Balaban J connectivity index is 0.00000162. The highest BCUT2D eigenvalue weighted by molar-refractivity contribution is 8.00. The fourth-order valence-corrected chi connectivity index (χ4v) is 4.41. The number of carbonyl (C=O) groups is 1. The maximum atomic E-state index is 12.2. The summed E-state index contributed by atoms with van der Waals surface area (Å²) in [5.74, 6) is 3.73. The van der Waals surface area contributed by atoms with Crippen LogP contribution in [0.15, 0.2) is 0 Å². The van der Waals surface area contributed by atoms with Gasteiger partial charge in [0.15, 0.2) is 0 Å². The first kappa shape index (κ1) is 16.5. The summed E-state index contributed by atoms with van der Waals surface area (Å²) in [6, 6.07) is 0.399. The van der Waals surface area contributed by atoms with Crippen LogP contribution in [0.4, 0.5) is 0 Å². The molecule has 2 heterocycles. The molecule has 1 amide bonds. The van der Waals surface area contributed by atoms with E-state index in [1.54, 1.807) is 0 Å². The highest BCUT2D eigenvalue weighted by atomic mass is 35.5. The molecule has 0 aliphatic carbocycles. The van der Waals surface area contributed by atoms with Crippen LogP contribution >= 0.6 is 35.9 Å². The van der Waals surface area contributed by atoms with Crippen molar-refractivity contribution in [2.45, 2.75) is 31.1 Å². The highest BCUT2D eigenvalue weighted by Crippen LogP contribution is 2.22. The molecular formula is C12H23ClN2OS2. The molecule has 0 aromatic rings. The molecule has 106 valence electrons. The second-order valence-electron chi connectivity index (χ2n) is 4.67. The summed E-state index contributed by atoms with van der Waals surface area (Å²) in [6.45, 7) is 5.17. The van der Waals surface area contributed by atoms with Crippen molar-refractivity contribution in [1.82, 2.24) is 10.2 Å². The fraction of sp³-hybridized carbons (Fsp3) is 0.917. The molecule has 2 fully saturated rings. The molecule has 0 aromatic carbocycles. The van der Waals surface area contributed by atoms with E-state index >= 15 is 0 Å². The molecule has 3 nitrogen and oxygen atoms in total. The molecular weight excluding hydrogens is 288 g/mol. The number of hydrogen-bond acceptors (Lipinski definition) is 4. The molecule has 1 N–H and O–H groups in total. The predicted octanol–water partition coefficient (Wildman–Crippen LogP) is 1.86. The molecule has 2 saturated heterocycles. The smallest absolute Gasteiger partial charge is 0.224 e. The van der Waals surface area contributed by atoms with E-state index in [4.69, 9.17) is 0 Å². The third-order valence-corrected chi connectivity index (χ3v) is 5.87. The predicted molar refractivity (Wildman–Crippen MR) is 84.1 cm³/mol. The largest absolute Gasteiger partial charge is 0.341 e. The minimum absolute atomic E-state index is 0. The first-order valence-corrected chi connectivity index (χ1v) is 8.70. The summed E-state index contributed by atoms with van der Waals surface area (Å²) >= 11 is 3.98. The summed E-state index contributed by atoms with van der Waals surface area (Å²) < 4.78 is 0. The van der Waals surface area contributed by atoms with E-state index in [1.165, 1.54) is 12.2 Å². The highest BCUT2D eigenvalue weighted by Gasteiger charge is 2.25. The van der Waals surface area contributed by atoms with Crippen molar-refractivity contribution in [2.75, 3.05) is 36.9 Å². The zero-order chi connectivity index (χ0) is 12.1. The van der Waals surface area contributed by atoms with Crippen molar-refractivity contribution in [3.63, 3.8) is 0 Å². The molecule has 6 heteroatoms. The van der Waals surface area contributed by atoms with Crippen molar-refractivity contribution in [1.29, 1.82) is 0 Å². The number of nitrogens with zero attached hydrogens (tertiary/aromatic N) is 1. The normalized spacial score (nSPS) is 28.6. The van der Waals surface area contributed by atoms with Gasteiger partial charge in [-0.15, -0.1) is 12.4 Å². The minimum atomic E-state index is 0. The van der Waals surface area contributed by atoms with Gasteiger partial charge in [0.25, 0.3) is 0 Å². The Morgan fingerprint density at radius 1 is 1.44 bits per heavy atom. The van der Waals surface area contributed by atoms with E-state index in [9.17, 15) is 4.79 Å². The SMILES string of the molecule is CCC1CN(C(=O)CC2CSCCN2)CCS1.Cl. The molecule has 2 atom stereocenters. The Labute approximate surface area is 125 Å². The number of rotatable bonds is 3. The van der Waals surface area contributed by atoms with Gasteiger partial charge in [0.2, 0.25) is 5.91 Å². The summed E-state index contributed by atoms with van der Waals surface area (Å²) in [4.78, 5) is 14.3. The molecule has 2 aliphatic heterocycles. The van der Waals surface area contributed by atoms with Crippen LogP contribution in [-0.2, 0) is 4.79 Å². The molecule has 2 unspecified atom stereocenters. The van der Waals surface area contributed by atoms with Gasteiger partial charge < -0.3 is 10.2 Å². The molecule has 0 saturated carbocycles. The number of amides is 1. The van der Waals surface area contributed by atoms with Gasteiger partial charge in [0, 0.05) is 54.6 Å². The average Bonchev–Trinajstić information content (AvgIpc) is 2.40. The second kappa shape index (κ2) is 8.56. The summed E-state index contributed by atoms with van der Waals surface area (Å²) in [7, 11) is 0. The molecule has 0 aromatic heterocycles. The number of halogens is 1. The lowest BCUT2D eigenvalue weighted by Gasteiger charge is -2.33. The minimum Gasteiger partial charge on any atom is -0.341 e. The monoisotopic (exact) mass is 310 g/mol. The molecule has 0 spiro atoms. The Morgan fingerprint density at radius 2 is 2.28 bits per heavy atom. The first-order valence-electron chi connectivity index (χ1n) is 6.50. The molecule has 2 aliphatic rings. The lowest BCUT2D eigenvalue weighted by Crippen LogP contribution is -2.46. The third-order valence-electron chi connectivity index (χ3n) is 3.37. The van der Waals surface area contributed by atoms with Crippen LogP contribution in [0.25, 0.3) is 0 Å². The van der Waals surface area contributed by atoms with Gasteiger partial charge in [-0.3, -0.25) is 4.79 Å². The number of hydrogen-bond donors (Lipinski definition) is 1. The van der Waals surface area contributed by atoms with Gasteiger partial charge in [-0.25, -0.2) is 0 Å². The zero-order valence-corrected chi connectivity index (χ0v) is 13.3. The number of nitrogens with one attached hydrogen (secondary N) is 1. The van der Waals surface area contributed by atoms with E-state index in [0.717, 1.165) is 31.1 Å². The van der Waals surface area contributed by atoms with E-state index < -0.39 is 0 Å². The Hall–Kier alpha value is 0.420. The van der Waals surface area contributed by atoms with Crippen molar-refractivity contribution in [3.8, 4) is 0 Å². The summed E-state index contributed by atoms with van der Waals surface area (Å²) in [6.07, 6.45) is 1.86. The molecule has 0 bridgehead atoms. The van der Waals surface area contributed by atoms with Gasteiger partial charge >= 0.3 is 0 Å². The van der Waals surface area contributed by atoms with Crippen molar-refractivity contribution in [3.05, 3.63) is 0 Å². The number of thioether (sulfide) groups is 2. The van der Waals surface area contributed by atoms with Crippen LogP contribution in [0, 0.1) is 0 Å². The summed E-state index contributed by atoms with van der Waals surface area (Å²) in [5.41, 5.74) is 0. The van der Waals surface area contributed by atoms with E-state index in [2.05, 4.69) is 17.1 Å². The average molecular weight is 311 g/mol. The van der Waals surface area contributed by atoms with Crippen LogP contribution in [0.5, 0.6) is 0 Å². The lowest BCUT2D eigenvalue weighted by atomic mass is 10.2. The fourth-order valence-electron chi connectivity index (χ4n) is 2.28. The van der Waals surface area contributed by atoms with Crippen LogP contribution in [-0.4, -0.2) is 59.0 Å². The Morgan fingerprint density at radius 3 is 2.94 bits per heavy atom. The maximum Gasteiger partial charge on any atom is 0.224 e. The maximum absolute atomic E-state index is 12.2. The quantitative estimate of drug-likeness (QED) is 0.862. The first-order chi connectivity index (χ1) is 8.29. The molecule has 2 rings (SSSR count). The van der Waals surface area contributed by atoms with E-state index in [-0.39, 0.29) is 12.4 Å². The van der Waals surface area contributed by atoms with Gasteiger partial charge in [-0.2, -0.15) is 23.5 Å². The van der Waals surface area contributed by atoms with Crippen LogP contribution in [0.1, 0.15) is 19.8 Å². The third kappa shape index (κ3) is 4.83. The topological polar surface area (TPSA) is 32.3 Å². The molecule has 0 radical (unpaired) electrons. The van der Waals surface area contributed by atoms with E-state index in [0.29, 0.717) is 23.6 Å². The van der Waals surface area contributed by atoms with Gasteiger partial charge in [0.05, 0.1) is 0 Å². The lowest BCUT2D eigenvalue weighted by molar-refractivity contribution is -0.131. The standard InChI is InChI=1S/C12H22N2OS2.ClH/c1-2-11-8-14(4-6-17-11)12(15)7-10-9-16-5-3-13-10;/h10-11,13H,2-9H2,1H3;1H. The van der Waals surface area contributed by atoms with Gasteiger partial charge in [-0.05, 0) is 6.42 Å². The zero-order valence-electron chi connectivity index (χ0n) is 10.9. The van der Waals surface area contributed by atoms with Crippen LogP contribution in [0.3, 0.4) is 0 Å². The Bertz CT molecular complexity index is 262.